The van der Waals surface area contributed by atoms with Gasteiger partial charge in [0, 0.05) is 58.3 Å². The zero-order valence-electron chi connectivity index (χ0n) is 13.5. The lowest BCUT2D eigenvalue weighted by Gasteiger charge is -2.34. The minimum Gasteiger partial charge on any atom is -0.380 e. The van der Waals surface area contributed by atoms with Crippen LogP contribution in [0.15, 0.2) is 0 Å². The first-order valence-corrected chi connectivity index (χ1v) is 8.59. The molecule has 1 aliphatic carbocycles. The second kappa shape index (κ2) is 9.38. The summed E-state index contributed by atoms with van der Waals surface area (Å²) in [6, 6.07) is 0.452. The fourth-order valence-electron chi connectivity index (χ4n) is 3.20. The van der Waals surface area contributed by atoms with Gasteiger partial charge >= 0.3 is 0 Å². The Morgan fingerprint density at radius 3 is 2.33 bits per heavy atom. The molecule has 0 aromatic carbocycles. The highest BCUT2D eigenvalue weighted by molar-refractivity contribution is 5.76. The van der Waals surface area contributed by atoms with Gasteiger partial charge in [-0.25, -0.2) is 0 Å². The largest absolute Gasteiger partial charge is 0.380 e. The van der Waals surface area contributed by atoms with E-state index in [1.807, 2.05) is 6.92 Å². The van der Waals surface area contributed by atoms with E-state index in [4.69, 9.17) is 4.74 Å². The molecule has 2 aliphatic rings. The molecule has 1 amide bonds. The molecular weight excluding hydrogens is 266 g/mol. The predicted molar refractivity (Wildman–Crippen MR) is 84.4 cm³/mol. The average Bonchev–Trinajstić information content (AvgIpc) is 2.99. The fourth-order valence-corrected chi connectivity index (χ4v) is 3.20. The number of carbonyl (C=O) groups is 1. The topological polar surface area (TPSA) is 44.8 Å². The molecule has 0 atom stereocenters. The van der Waals surface area contributed by atoms with Crippen molar-refractivity contribution in [1.82, 2.24) is 15.1 Å². The summed E-state index contributed by atoms with van der Waals surface area (Å²) < 4.78 is 5.40. The van der Waals surface area contributed by atoms with Crippen LogP contribution in [0, 0.1) is 0 Å². The highest BCUT2D eigenvalue weighted by Gasteiger charge is 2.19. The molecule has 1 aliphatic heterocycles. The number of hydrogen-bond donors (Lipinski definition) is 1. The minimum absolute atomic E-state index is 0.237. The molecule has 2 fully saturated rings. The first-order chi connectivity index (χ1) is 10.3. The number of hydrogen-bond acceptors (Lipinski definition) is 4. The molecular formula is C16H31N3O2. The molecule has 1 saturated carbocycles. The summed E-state index contributed by atoms with van der Waals surface area (Å²) in [5.74, 6) is 0.237. The highest BCUT2D eigenvalue weighted by Crippen LogP contribution is 2.17. The van der Waals surface area contributed by atoms with Crippen molar-refractivity contribution in [3.05, 3.63) is 0 Å². The lowest BCUT2D eigenvalue weighted by Crippen LogP contribution is -2.48. The Balaban J connectivity index is 1.52. The molecule has 1 heterocycles. The Morgan fingerprint density at radius 2 is 1.71 bits per heavy atom. The molecule has 0 aromatic rings. The van der Waals surface area contributed by atoms with Gasteiger partial charge in [-0.15, -0.1) is 0 Å². The lowest BCUT2D eigenvalue weighted by atomic mass is 10.2. The van der Waals surface area contributed by atoms with Crippen molar-refractivity contribution >= 4 is 5.91 Å². The van der Waals surface area contributed by atoms with E-state index < -0.39 is 0 Å². The molecule has 2 rings (SSSR count). The molecule has 5 nitrogen and oxygen atoms in total. The van der Waals surface area contributed by atoms with Crippen LogP contribution in [-0.4, -0.2) is 74.2 Å². The standard InChI is InChI=1S/C16H31N3O2/c1-2-21-14-13-19-11-9-18(10-12-19)8-7-16(20)17-15-5-3-4-6-15/h15H,2-14H2,1H3,(H,17,20). The number of carbonyl (C=O) groups excluding carboxylic acids is 1. The molecule has 0 bridgehead atoms. The summed E-state index contributed by atoms with van der Waals surface area (Å²) in [6.07, 6.45) is 5.53. The number of amides is 1. The van der Waals surface area contributed by atoms with Crippen LogP contribution in [0.1, 0.15) is 39.0 Å². The first kappa shape index (κ1) is 16.7. The van der Waals surface area contributed by atoms with Crippen molar-refractivity contribution in [1.29, 1.82) is 0 Å². The third-order valence-corrected chi connectivity index (χ3v) is 4.60. The second-order valence-electron chi connectivity index (χ2n) is 6.18. The number of piperazine rings is 1. The monoisotopic (exact) mass is 297 g/mol. The zero-order valence-corrected chi connectivity index (χ0v) is 13.5. The summed E-state index contributed by atoms with van der Waals surface area (Å²) in [4.78, 5) is 16.8. The van der Waals surface area contributed by atoms with Gasteiger partial charge in [-0.1, -0.05) is 12.8 Å². The molecule has 0 radical (unpaired) electrons. The summed E-state index contributed by atoms with van der Waals surface area (Å²) in [5.41, 5.74) is 0. The van der Waals surface area contributed by atoms with E-state index >= 15 is 0 Å². The number of rotatable bonds is 8. The third-order valence-electron chi connectivity index (χ3n) is 4.60. The molecule has 1 N–H and O–H groups in total. The summed E-state index contributed by atoms with van der Waals surface area (Å²) in [6.45, 7) is 9.94. The quantitative estimate of drug-likeness (QED) is 0.681. The van der Waals surface area contributed by atoms with Gasteiger partial charge in [0.2, 0.25) is 5.91 Å². The predicted octanol–water partition coefficient (Wildman–Crippen LogP) is 1.09. The average molecular weight is 297 g/mol. The Hall–Kier alpha value is -0.650. The van der Waals surface area contributed by atoms with Crippen LogP contribution in [-0.2, 0) is 9.53 Å². The van der Waals surface area contributed by atoms with Gasteiger partial charge in [-0.05, 0) is 19.8 Å². The summed E-state index contributed by atoms with van der Waals surface area (Å²) in [7, 11) is 0. The highest BCUT2D eigenvalue weighted by atomic mass is 16.5. The molecule has 0 spiro atoms. The van der Waals surface area contributed by atoms with E-state index in [1.165, 1.54) is 25.7 Å². The molecule has 0 unspecified atom stereocenters. The van der Waals surface area contributed by atoms with Crippen LogP contribution in [0.3, 0.4) is 0 Å². The molecule has 1 saturated heterocycles. The second-order valence-corrected chi connectivity index (χ2v) is 6.18. The van der Waals surface area contributed by atoms with E-state index in [1.54, 1.807) is 0 Å². The van der Waals surface area contributed by atoms with Crippen LogP contribution in [0.25, 0.3) is 0 Å². The third kappa shape index (κ3) is 6.32. The molecule has 122 valence electrons. The normalized spacial score (nSPS) is 21.8. The van der Waals surface area contributed by atoms with E-state index in [0.717, 1.165) is 52.5 Å². The maximum atomic E-state index is 11.9. The number of nitrogens with zero attached hydrogens (tertiary/aromatic N) is 2. The van der Waals surface area contributed by atoms with Crippen LogP contribution in [0.4, 0.5) is 0 Å². The van der Waals surface area contributed by atoms with Crippen LogP contribution in [0.5, 0.6) is 0 Å². The van der Waals surface area contributed by atoms with Crippen molar-refractivity contribution in [2.75, 3.05) is 52.5 Å². The van der Waals surface area contributed by atoms with E-state index in [-0.39, 0.29) is 5.91 Å². The Morgan fingerprint density at radius 1 is 1.10 bits per heavy atom. The van der Waals surface area contributed by atoms with Gasteiger partial charge in [-0.2, -0.15) is 0 Å². The smallest absolute Gasteiger partial charge is 0.221 e. The van der Waals surface area contributed by atoms with E-state index in [9.17, 15) is 4.79 Å². The first-order valence-electron chi connectivity index (χ1n) is 8.59. The van der Waals surface area contributed by atoms with Crippen molar-refractivity contribution in [2.45, 2.75) is 45.1 Å². The van der Waals surface area contributed by atoms with Crippen molar-refractivity contribution < 1.29 is 9.53 Å². The van der Waals surface area contributed by atoms with Crippen LogP contribution >= 0.6 is 0 Å². The van der Waals surface area contributed by atoms with Crippen LogP contribution in [0.2, 0.25) is 0 Å². The van der Waals surface area contributed by atoms with Crippen molar-refractivity contribution in [2.24, 2.45) is 0 Å². The molecule has 21 heavy (non-hydrogen) atoms. The summed E-state index contributed by atoms with van der Waals surface area (Å²) >= 11 is 0. The van der Waals surface area contributed by atoms with Gasteiger partial charge in [0.15, 0.2) is 0 Å². The Labute approximate surface area is 129 Å². The van der Waals surface area contributed by atoms with Gasteiger partial charge < -0.3 is 15.0 Å². The maximum absolute atomic E-state index is 11.9. The Bertz CT molecular complexity index is 298. The van der Waals surface area contributed by atoms with Gasteiger partial charge in [0.05, 0.1) is 6.61 Å². The van der Waals surface area contributed by atoms with E-state index in [2.05, 4.69) is 15.1 Å². The van der Waals surface area contributed by atoms with E-state index in [0.29, 0.717) is 12.5 Å². The SMILES string of the molecule is CCOCCN1CCN(CCC(=O)NC2CCCC2)CC1. The molecule has 0 aromatic heterocycles. The number of nitrogens with one attached hydrogen (secondary N) is 1. The lowest BCUT2D eigenvalue weighted by molar-refractivity contribution is -0.122. The maximum Gasteiger partial charge on any atom is 0.221 e. The number of ether oxygens (including phenoxy) is 1. The van der Waals surface area contributed by atoms with Crippen molar-refractivity contribution in [3.8, 4) is 0 Å². The van der Waals surface area contributed by atoms with Crippen LogP contribution < -0.4 is 5.32 Å². The molecule has 5 heteroatoms. The summed E-state index contributed by atoms with van der Waals surface area (Å²) in [5, 5.41) is 3.17. The minimum atomic E-state index is 0.237. The van der Waals surface area contributed by atoms with Gasteiger partial charge in [-0.3, -0.25) is 9.69 Å². The Kier molecular flexibility index (Phi) is 7.47. The zero-order chi connectivity index (χ0) is 14.9. The van der Waals surface area contributed by atoms with Crippen molar-refractivity contribution in [3.63, 3.8) is 0 Å². The van der Waals surface area contributed by atoms with Gasteiger partial charge in [0.25, 0.3) is 0 Å². The fraction of sp³-hybridized carbons (Fsp3) is 0.938. The van der Waals surface area contributed by atoms with Gasteiger partial charge in [0.1, 0.15) is 0 Å².